The van der Waals surface area contributed by atoms with E-state index in [0.29, 0.717) is 36.2 Å². The molecule has 0 radical (unpaired) electrons. The minimum Gasteiger partial charge on any atom is -0.352 e. The van der Waals surface area contributed by atoms with E-state index in [9.17, 15) is 8.42 Å². The first-order valence-electron chi connectivity index (χ1n) is 8.85. The van der Waals surface area contributed by atoms with Crippen LogP contribution in [-0.4, -0.2) is 54.1 Å². The Bertz CT molecular complexity index is 1030. The minimum absolute atomic E-state index is 0.407. The number of thiophene rings is 1. The number of nitrogens with zero attached hydrogens (tertiary/aromatic N) is 5. The third kappa shape index (κ3) is 3.98. The molecule has 0 atom stereocenters. The molecule has 4 heterocycles. The van der Waals surface area contributed by atoms with Gasteiger partial charge in [-0.2, -0.15) is 4.31 Å². The van der Waals surface area contributed by atoms with Crippen LogP contribution in [0.15, 0.2) is 53.0 Å². The van der Waals surface area contributed by atoms with Gasteiger partial charge in [-0.3, -0.25) is 4.98 Å². The van der Waals surface area contributed by atoms with E-state index < -0.39 is 10.0 Å². The fraction of sp³-hybridized carbons (Fsp3) is 0.278. The van der Waals surface area contributed by atoms with Crippen molar-refractivity contribution < 1.29 is 8.42 Å². The van der Waals surface area contributed by atoms with Gasteiger partial charge in [0.1, 0.15) is 4.21 Å². The first kappa shape index (κ1) is 18.8. The zero-order valence-electron chi connectivity index (χ0n) is 15.3. The van der Waals surface area contributed by atoms with Crippen molar-refractivity contribution in [2.75, 3.05) is 36.4 Å². The molecule has 1 saturated heterocycles. The molecule has 146 valence electrons. The highest BCUT2D eigenvalue weighted by Gasteiger charge is 2.30. The number of aromatic nitrogens is 3. The SMILES string of the molecule is Cc1ccc(S(=O)(=O)N2CCN(c3ccc(Nc4ccncc4)nn3)CC2)s1. The Labute approximate surface area is 167 Å². The smallest absolute Gasteiger partial charge is 0.252 e. The van der Waals surface area contributed by atoms with Gasteiger partial charge in [0.2, 0.25) is 0 Å². The second kappa shape index (κ2) is 7.82. The summed E-state index contributed by atoms with van der Waals surface area (Å²) in [5.41, 5.74) is 0.889. The molecule has 1 fully saturated rings. The molecule has 8 nitrogen and oxygen atoms in total. The molecular weight excluding hydrogens is 396 g/mol. The Morgan fingerprint density at radius 3 is 2.32 bits per heavy atom. The van der Waals surface area contributed by atoms with E-state index in [2.05, 4.69) is 25.4 Å². The fourth-order valence-electron chi connectivity index (χ4n) is 2.98. The maximum Gasteiger partial charge on any atom is 0.252 e. The van der Waals surface area contributed by atoms with Crippen LogP contribution >= 0.6 is 11.3 Å². The zero-order chi connectivity index (χ0) is 19.6. The van der Waals surface area contributed by atoms with Crippen LogP contribution in [0.5, 0.6) is 0 Å². The van der Waals surface area contributed by atoms with Crippen molar-refractivity contribution in [2.45, 2.75) is 11.1 Å². The van der Waals surface area contributed by atoms with Gasteiger partial charge in [0.05, 0.1) is 0 Å². The summed E-state index contributed by atoms with van der Waals surface area (Å²) in [5.74, 6) is 1.38. The molecule has 0 bridgehead atoms. The molecule has 4 rings (SSSR count). The van der Waals surface area contributed by atoms with E-state index in [4.69, 9.17) is 0 Å². The molecular formula is C18H20N6O2S2. The summed E-state index contributed by atoms with van der Waals surface area (Å²) in [6.45, 7) is 3.92. The number of aryl methyl sites for hydroxylation is 1. The molecule has 0 aliphatic carbocycles. The number of rotatable bonds is 5. The predicted molar refractivity (Wildman–Crippen MR) is 110 cm³/mol. The largest absolute Gasteiger partial charge is 0.352 e. The lowest BCUT2D eigenvalue weighted by molar-refractivity contribution is 0.384. The Balaban J connectivity index is 1.38. The van der Waals surface area contributed by atoms with E-state index in [0.717, 1.165) is 16.4 Å². The zero-order valence-corrected chi connectivity index (χ0v) is 16.9. The minimum atomic E-state index is -3.41. The number of hydrogen-bond donors (Lipinski definition) is 1. The van der Waals surface area contributed by atoms with Crippen molar-refractivity contribution in [3.8, 4) is 0 Å². The molecule has 0 saturated carbocycles. The summed E-state index contributed by atoms with van der Waals surface area (Å²) in [6, 6.07) is 11.0. The summed E-state index contributed by atoms with van der Waals surface area (Å²) in [5, 5.41) is 11.7. The Kier molecular flexibility index (Phi) is 5.25. The number of sulfonamides is 1. The number of piperazine rings is 1. The molecule has 1 aliphatic heterocycles. The van der Waals surface area contributed by atoms with Crippen LogP contribution < -0.4 is 10.2 Å². The van der Waals surface area contributed by atoms with Crippen molar-refractivity contribution in [2.24, 2.45) is 0 Å². The number of nitrogens with one attached hydrogen (secondary N) is 1. The quantitative estimate of drug-likeness (QED) is 0.683. The molecule has 0 amide bonds. The lowest BCUT2D eigenvalue weighted by atomic mass is 10.3. The maximum atomic E-state index is 12.7. The van der Waals surface area contributed by atoms with Crippen LogP contribution in [-0.2, 0) is 10.0 Å². The predicted octanol–water partition coefficient (Wildman–Crippen LogP) is 2.50. The van der Waals surface area contributed by atoms with Crippen LogP contribution in [0.1, 0.15) is 4.88 Å². The highest BCUT2D eigenvalue weighted by atomic mass is 32.2. The first-order valence-corrected chi connectivity index (χ1v) is 11.1. The Morgan fingerprint density at radius 1 is 0.964 bits per heavy atom. The second-order valence-corrected chi connectivity index (χ2v) is 9.85. The van der Waals surface area contributed by atoms with Gasteiger partial charge in [0, 0.05) is 49.1 Å². The average molecular weight is 417 g/mol. The first-order chi connectivity index (χ1) is 13.5. The second-order valence-electron chi connectivity index (χ2n) is 6.39. The molecule has 10 heteroatoms. The Morgan fingerprint density at radius 2 is 1.71 bits per heavy atom. The molecule has 1 aliphatic rings. The van der Waals surface area contributed by atoms with Gasteiger partial charge in [-0.05, 0) is 43.3 Å². The number of hydrogen-bond acceptors (Lipinski definition) is 8. The summed E-state index contributed by atoms with van der Waals surface area (Å²) in [4.78, 5) is 7.02. The molecule has 28 heavy (non-hydrogen) atoms. The molecule has 0 aromatic carbocycles. The van der Waals surface area contributed by atoms with Gasteiger partial charge in [-0.15, -0.1) is 21.5 Å². The van der Waals surface area contributed by atoms with Crippen LogP contribution in [0.4, 0.5) is 17.3 Å². The summed E-state index contributed by atoms with van der Waals surface area (Å²) in [6.07, 6.45) is 3.41. The van der Waals surface area contributed by atoms with Crippen molar-refractivity contribution in [3.63, 3.8) is 0 Å². The van der Waals surface area contributed by atoms with Crippen LogP contribution in [0.2, 0.25) is 0 Å². The van der Waals surface area contributed by atoms with E-state index in [1.807, 2.05) is 37.3 Å². The fourth-order valence-corrected chi connectivity index (χ4v) is 5.84. The maximum absolute atomic E-state index is 12.7. The third-order valence-electron chi connectivity index (χ3n) is 4.48. The highest BCUT2D eigenvalue weighted by molar-refractivity contribution is 7.91. The van der Waals surface area contributed by atoms with Crippen molar-refractivity contribution in [1.82, 2.24) is 19.5 Å². The van der Waals surface area contributed by atoms with Crippen molar-refractivity contribution in [3.05, 3.63) is 53.7 Å². The summed E-state index contributed by atoms with van der Waals surface area (Å²) >= 11 is 1.31. The average Bonchev–Trinajstić information content (AvgIpc) is 3.17. The van der Waals surface area contributed by atoms with Gasteiger partial charge in [-0.25, -0.2) is 8.42 Å². The van der Waals surface area contributed by atoms with Crippen LogP contribution in [0, 0.1) is 6.92 Å². The van der Waals surface area contributed by atoms with Gasteiger partial charge in [0.15, 0.2) is 11.6 Å². The van der Waals surface area contributed by atoms with Crippen LogP contribution in [0.25, 0.3) is 0 Å². The molecule has 3 aromatic rings. The van der Waals surface area contributed by atoms with Gasteiger partial charge in [-0.1, -0.05) is 0 Å². The summed E-state index contributed by atoms with van der Waals surface area (Å²) < 4.78 is 27.4. The standard InChI is InChI=1S/C18H20N6O2S2/c1-14-2-5-18(27-14)28(25,26)24-12-10-23(11-13-24)17-4-3-16(21-22-17)20-15-6-8-19-9-7-15/h2-9H,10-13H2,1H3,(H,19,20,21). The molecule has 0 spiro atoms. The van der Waals surface area contributed by atoms with E-state index in [1.165, 1.54) is 11.3 Å². The topological polar surface area (TPSA) is 91.3 Å². The normalized spacial score (nSPS) is 15.5. The van der Waals surface area contributed by atoms with Gasteiger partial charge in [0.25, 0.3) is 10.0 Å². The lowest BCUT2D eigenvalue weighted by Crippen LogP contribution is -2.48. The number of anilines is 3. The number of pyridine rings is 1. The van der Waals surface area contributed by atoms with Gasteiger partial charge < -0.3 is 10.2 Å². The molecule has 3 aromatic heterocycles. The van der Waals surface area contributed by atoms with Crippen molar-refractivity contribution >= 4 is 38.7 Å². The highest BCUT2D eigenvalue weighted by Crippen LogP contribution is 2.26. The molecule has 0 unspecified atom stereocenters. The van der Waals surface area contributed by atoms with Crippen LogP contribution in [0.3, 0.4) is 0 Å². The third-order valence-corrected chi connectivity index (χ3v) is 7.84. The summed E-state index contributed by atoms with van der Waals surface area (Å²) in [7, 11) is -3.41. The van der Waals surface area contributed by atoms with Gasteiger partial charge >= 0.3 is 0 Å². The monoisotopic (exact) mass is 416 g/mol. The lowest BCUT2D eigenvalue weighted by Gasteiger charge is -2.34. The molecule has 1 N–H and O–H groups in total. The van der Waals surface area contributed by atoms with E-state index in [1.54, 1.807) is 22.8 Å². The van der Waals surface area contributed by atoms with E-state index >= 15 is 0 Å². The van der Waals surface area contributed by atoms with E-state index in [-0.39, 0.29) is 0 Å². The Hall–Kier alpha value is -2.56. The van der Waals surface area contributed by atoms with Crippen molar-refractivity contribution in [1.29, 1.82) is 0 Å².